The summed E-state index contributed by atoms with van der Waals surface area (Å²) in [5.41, 5.74) is 1.70. The molecule has 2 aliphatic heterocycles. The van der Waals surface area contributed by atoms with E-state index >= 15 is 0 Å². The minimum absolute atomic E-state index is 0.133. The van der Waals surface area contributed by atoms with E-state index in [2.05, 4.69) is 0 Å². The van der Waals surface area contributed by atoms with Crippen molar-refractivity contribution < 1.29 is 18.3 Å². The summed E-state index contributed by atoms with van der Waals surface area (Å²) < 4.78 is 33.4. The number of benzene rings is 1. The maximum atomic E-state index is 13.2. The molecule has 0 aliphatic carbocycles. The summed E-state index contributed by atoms with van der Waals surface area (Å²) in [4.78, 5) is 0.385. The van der Waals surface area contributed by atoms with Crippen LogP contribution in [0, 0.1) is 19.8 Å². The van der Waals surface area contributed by atoms with Gasteiger partial charge < -0.3 is 9.84 Å². The van der Waals surface area contributed by atoms with Gasteiger partial charge >= 0.3 is 0 Å². The van der Waals surface area contributed by atoms with E-state index in [9.17, 15) is 13.5 Å². The Kier molecular flexibility index (Phi) is 4.78. The van der Waals surface area contributed by atoms with E-state index < -0.39 is 16.1 Å². The Morgan fingerprint density at radius 2 is 2.04 bits per heavy atom. The predicted molar refractivity (Wildman–Crippen MR) is 87.8 cm³/mol. The van der Waals surface area contributed by atoms with E-state index in [-0.39, 0.29) is 12.0 Å². The standard InChI is InChI=1S/C17H25NO4S/c1-12-5-6-13(2)17(10-12)23(20,21)18-8-3-4-15(18)14-11-22-9-7-16(14)19/h5-6,10,14-16,19H,3-4,7-9,11H2,1-2H3/t14-,15-,16-/m1/s1. The number of aliphatic hydroxyl groups excluding tert-OH is 1. The maximum absolute atomic E-state index is 13.2. The zero-order valence-electron chi connectivity index (χ0n) is 13.7. The Morgan fingerprint density at radius 1 is 1.26 bits per heavy atom. The topological polar surface area (TPSA) is 66.8 Å². The number of aryl methyl sites for hydroxylation is 2. The first-order valence-electron chi connectivity index (χ1n) is 8.26. The first-order chi connectivity index (χ1) is 10.9. The predicted octanol–water partition coefficient (Wildman–Crippen LogP) is 1.85. The van der Waals surface area contributed by atoms with Crippen LogP contribution < -0.4 is 0 Å². The lowest BCUT2D eigenvalue weighted by atomic mass is 9.90. The van der Waals surface area contributed by atoms with E-state index in [0.29, 0.717) is 31.1 Å². The SMILES string of the molecule is Cc1ccc(C)c(S(=O)(=O)N2CCC[C@@H]2[C@H]2COCC[C@H]2O)c1. The van der Waals surface area contributed by atoms with Crippen molar-refractivity contribution in [2.75, 3.05) is 19.8 Å². The Hall–Kier alpha value is -0.950. The van der Waals surface area contributed by atoms with Gasteiger partial charge in [-0.3, -0.25) is 0 Å². The van der Waals surface area contributed by atoms with Crippen molar-refractivity contribution in [1.29, 1.82) is 0 Å². The summed E-state index contributed by atoms with van der Waals surface area (Å²) >= 11 is 0. The molecular formula is C17H25NO4S. The molecule has 0 spiro atoms. The monoisotopic (exact) mass is 339 g/mol. The third kappa shape index (κ3) is 3.18. The zero-order chi connectivity index (χ0) is 16.6. The van der Waals surface area contributed by atoms with Crippen molar-refractivity contribution in [2.45, 2.75) is 50.2 Å². The zero-order valence-corrected chi connectivity index (χ0v) is 14.6. The van der Waals surface area contributed by atoms with Crippen molar-refractivity contribution in [1.82, 2.24) is 4.31 Å². The van der Waals surface area contributed by atoms with Gasteiger partial charge in [0.1, 0.15) is 0 Å². The van der Waals surface area contributed by atoms with Gasteiger partial charge in [0.25, 0.3) is 0 Å². The van der Waals surface area contributed by atoms with Crippen LogP contribution in [0.3, 0.4) is 0 Å². The lowest BCUT2D eigenvalue weighted by Crippen LogP contribution is -2.48. The highest BCUT2D eigenvalue weighted by atomic mass is 32.2. The molecule has 6 heteroatoms. The quantitative estimate of drug-likeness (QED) is 0.913. The van der Waals surface area contributed by atoms with Crippen LogP contribution in [0.15, 0.2) is 23.1 Å². The van der Waals surface area contributed by atoms with E-state index in [1.165, 1.54) is 0 Å². The summed E-state index contributed by atoms with van der Waals surface area (Å²) in [5.74, 6) is -0.133. The molecule has 2 saturated heterocycles. The molecule has 0 aromatic heterocycles. The van der Waals surface area contributed by atoms with E-state index in [1.54, 1.807) is 10.4 Å². The molecule has 1 N–H and O–H groups in total. The Labute approximate surface area is 138 Å². The Morgan fingerprint density at radius 3 is 2.78 bits per heavy atom. The molecule has 1 aromatic carbocycles. The molecule has 2 fully saturated rings. The van der Waals surface area contributed by atoms with Gasteiger partial charge in [-0.1, -0.05) is 12.1 Å². The van der Waals surface area contributed by atoms with Crippen LogP contribution in [0.25, 0.3) is 0 Å². The highest BCUT2D eigenvalue weighted by Crippen LogP contribution is 2.34. The number of aliphatic hydroxyl groups is 1. The normalized spacial score (nSPS) is 29.8. The van der Waals surface area contributed by atoms with Gasteiger partial charge in [0.05, 0.1) is 17.6 Å². The first kappa shape index (κ1) is 16.9. The number of nitrogens with zero attached hydrogens (tertiary/aromatic N) is 1. The van der Waals surface area contributed by atoms with Crippen LogP contribution in [-0.2, 0) is 14.8 Å². The van der Waals surface area contributed by atoms with Gasteiger partial charge in [-0.05, 0) is 50.3 Å². The fourth-order valence-electron chi connectivity index (χ4n) is 3.72. The molecule has 128 valence electrons. The Bertz CT molecular complexity index is 673. The highest BCUT2D eigenvalue weighted by molar-refractivity contribution is 7.89. The summed E-state index contributed by atoms with van der Waals surface area (Å²) in [5, 5.41) is 10.3. The van der Waals surface area contributed by atoms with Gasteiger partial charge in [0.15, 0.2) is 0 Å². The average Bonchev–Trinajstić information content (AvgIpc) is 3.00. The maximum Gasteiger partial charge on any atom is 0.243 e. The molecular weight excluding hydrogens is 314 g/mol. The first-order valence-corrected chi connectivity index (χ1v) is 9.70. The van der Waals surface area contributed by atoms with Crippen LogP contribution in [0.1, 0.15) is 30.4 Å². The van der Waals surface area contributed by atoms with E-state index in [4.69, 9.17) is 4.74 Å². The number of hydrogen-bond acceptors (Lipinski definition) is 4. The Balaban J connectivity index is 1.93. The average molecular weight is 339 g/mol. The minimum atomic E-state index is -3.55. The van der Waals surface area contributed by atoms with E-state index in [1.807, 2.05) is 26.0 Å². The number of ether oxygens (including phenoxy) is 1. The van der Waals surface area contributed by atoms with Crippen molar-refractivity contribution in [3.63, 3.8) is 0 Å². The van der Waals surface area contributed by atoms with Gasteiger partial charge in [0.2, 0.25) is 10.0 Å². The molecule has 2 heterocycles. The molecule has 3 rings (SSSR count). The van der Waals surface area contributed by atoms with Crippen molar-refractivity contribution >= 4 is 10.0 Å². The fourth-order valence-corrected chi connectivity index (χ4v) is 5.77. The molecule has 23 heavy (non-hydrogen) atoms. The van der Waals surface area contributed by atoms with Crippen molar-refractivity contribution in [3.8, 4) is 0 Å². The second-order valence-electron chi connectivity index (χ2n) is 6.69. The third-order valence-electron chi connectivity index (χ3n) is 5.04. The van der Waals surface area contributed by atoms with Crippen LogP contribution in [0.2, 0.25) is 0 Å². The molecule has 0 unspecified atom stereocenters. The minimum Gasteiger partial charge on any atom is -0.393 e. The van der Waals surface area contributed by atoms with Crippen molar-refractivity contribution in [3.05, 3.63) is 29.3 Å². The highest BCUT2D eigenvalue weighted by Gasteiger charge is 2.43. The van der Waals surface area contributed by atoms with Crippen LogP contribution >= 0.6 is 0 Å². The van der Waals surface area contributed by atoms with Gasteiger partial charge in [-0.2, -0.15) is 4.31 Å². The fraction of sp³-hybridized carbons (Fsp3) is 0.647. The number of rotatable bonds is 3. The summed E-state index contributed by atoms with van der Waals surface area (Å²) in [6, 6.07) is 5.35. The molecule has 0 saturated carbocycles. The third-order valence-corrected chi connectivity index (χ3v) is 7.10. The summed E-state index contributed by atoms with van der Waals surface area (Å²) in [6.45, 7) is 5.23. The smallest absolute Gasteiger partial charge is 0.243 e. The number of sulfonamides is 1. The van der Waals surface area contributed by atoms with Gasteiger partial charge in [-0.15, -0.1) is 0 Å². The second kappa shape index (κ2) is 6.51. The van der Waals surface area contributed by atoms with Gasteiger partial charge in [0, 0.05) is 25.1 Å². The van der Waals surface area contributed by atoms with Gasteiger partial charge in [-0.25, -0.2) is 8.42 Å². The molecule has 5 nitrogen and oxygen atoms in total. The van der Waals surface area contributed by atoms with E-state index in [0.717, 1.165) is 24.0 Å². The lowest BCUT2D eigenvalue weighted by molar-refractivity contribution is -0.0543. The number of hydrogen-bond donors (Lipinski definition) is 1. The van der Waals surface area contributed by atoms with Crippen LogP contribution in [-0.4, -0.2) is 49.7 Å². The van der Waals surface area contributed by atoms with Crippen LogP contribution in [0.5, 0.6) is 0 Å². The summed E-state index contributed by atoms with van der Waals surface area (Å²) in [7, 11) is -3.55. The molecule has 2 aliphatic rings. The lowest BCUT2D eigenvalue weighted by Gasteiger charge is -2.36. The largest absolute Gasteiger partial charge is 0.393 e. The van der Waals surface area contributed by atoms with Crippen LogP contribution in [0.4, 0.5) is 0 Å². The second-order valence-corrected chi connectivity index (χ2v) is 8.55. The molecule has 0 radical (unpaired) electrons. The van der Waals surface area contributed by atoms with Crippen molar-refractivity contribution in [2.24, 2.45) is 5.92 Å². The molecule has 3 atom stereocenters. The summed E-state index contributed by atoms with van der Waals surface area (Å²) in [6.07, 6.45) is 1.72. The molecule has 0 bridgehead atoms. The molecule has 1 aromatic rings. The molecule has 0 amide bonds.